The van der Waals surface area contributed by atoms with Crippen LogP contribution in [0.2, 0.25) is 0 Å². The molecule has 2 heterocycles. The van der Waals surface area contributed by atoms with Gasteiger partial charge in [0.25, 0.3) is 0 Å². The normalized spacial score (nSPS) is 17.8. The first-order chi connectivity index (χ1) is 22.3. The van der Waals surface area contributed by atoms with Gasteiger partial charge in [-0.25, -0.2) is 22.6 Å². The number of nitrogens with zero attached hydrogens (tertiary/aromatic N) is 5. The van der Waals surface area contributed by atoms with E-state index in [1.807, 2.05) is 35.2 Å². The summed E-state index contributed by atoms with van der Waals surface area (Å²) in [7, 11) is -0.659. The van der Waals surface area contributed by atoms with Crippen LogP contribution in [0, 0.1) is 17.7 Å². The van der Waals surface area contributed by atoms with Crippen molar-refractivity contribution in [2.24, 2.45) is 11.8 Å². The quantitative estimate of drug-likeness (QED) is 0.186. The molecule has 1 unspecified atom stereocenters. The van der Waals surface area contributed by atoms with Gasteiger partial charge in [0.1, 0.15) is 23.0 Å². The third-order valence-corrected chi connectivity index (χ3v) is 9.82. The van der Waals surface area contributed by atoms with E-state index in [4.69, 9.17) is 14.1 Å². The van der Waals surface area contributed by atoms with Crippen LogP contribution >= 0.6 is 0 Å². The summed E-state index contributed by atoms with van der Waals surface area (Å²) in [6, 6.07) is 18.2. The molecule has 1 amide bonds. The summed E-state index contributed by atoms with van der Waals surface area (Å²) < 4.78 is 51.8. The molecule has 4 aromatic rings. The molecule has 2 aromatic heterocycles. The van der Waals surface area contributed by atoms with Crippen molar-refractivity contribution in [3.8, 4) is 11.5 Å². The fourth-order valence-electron chi connectivity index (χ4n) is 5.74. The molecule has 1 aliphatic rings. The Labute approximate surface area is 273 Å². The van der Waals surface area contributed by atoms with Crippen LogP contribution in [0.25, 0.3) is 11.5 Å². The summed E-state index contributed by atoms with van der Waals surface area (Å²) in [5.41, 5.74) is 0.202. The number of benzene rings is 2. The molecule has 12 nitrogen and oxygen atoms in total. The van der Waals surface area contributed by atoms with E-state index >= 15 is 0 Å². The molecule has 1 saturated carbocycles. The monoisotopic (exact) mass is 666 g/mol. The van der Waals surface area contributed by atoms with E-state index in [0.29, 0.717) is 48.5 Å². The van der Waals surface area contributed by atoms with E-state index in [2.05, 4.69) is 22.4 Å². The number of methoxy groups -OCH3 is 1. The lowest BCUT2D eigenvalue weighted by atomic mass is 9.75. The highest BCUT2D eigenvalue weighted by Gasteiger charge is 2.44. The standard InChI is InChI=1S/C33H39FN6O6S/c1-21-17-25(21)20-40(15-16-45-4)28-19-24(18-27(35-28)39(3)47(5,43)44)30-37-38-31(46-30)33(2,36-32(41)42)29(22-9-7-6-8-10-22)23-11-13-26(34)14-12-23/h6-14,18-19,21,25,29,36H,15-17,20H2,1-5H3,(H,41,42)/t21-,25+,29?,33-/m1/s1. The average molecular weight is 667 g/mol. The summed E-state index contributed by atoms with van der Waals surface area (Å²) in [5.74, 6) is 0.515. The van der Waals surface area contributed by atoms with Crippen LogP contribution < -0.4 is 14.5 Å². The van der Waals surface area contributed by atoms with Gasteiger partial charge >= 0.3 is 6.09 Å². The van der Waals surface area contributed by atoms with Crippen LogP contribution in [0.15, 0.2) is 71.1 Å². The number of hydrogen-bond acceptors (Lipinski definition) is 9. The third kappa shape index (κ3) is 7.71. The average Bonchev–Trinajstić information content (AvgIpc) is 3.49. The summed E-state index contributed by atoms with van der Waals surface area (Å²) in [6.07, 6.45) is 0.836. The summed E-state index contributed by atoms with van der Waals surface area (Å²) in [6.45, 7) is 5.46. The number of hydrogen-bond donors (Lipinski definition) is 2. The molecule has 14 heteroatoms. The van der Waals surface area contributed by atoms with Gasteiger partial charge in [0.2, 0.25) is 21.8 Å². The topological polar surface area (TPSA) is 151 Å². The van der Waals surface area contributed by atoms with Gasteiger partial charge in [-0.1, -0.05) is 49.4 Å². The van der Waals surface area contributed by atoms with Crippen LogP contribution in [-0.4, -0.2) is 74.9 Å². The molecule has 0 aliphatic heterocycles. The van der Waals surface area contributed by atoms with Crippen molar-refractivity contribution in [3.05, 3.63) is 89.6 Å². The summed E-state index contributed by atoms with van der Waals surface area (Å²) >= 11 is 0. The molecular formula is C33H39FN6O6S. The number of halogens is 1. The molecule has 0 saturated heterocycles. The van der Waals surface area contributed by atoms with Gasteiger partial charge in [-0.3, -0.25) is 4.31 Å². The lowest BCUT2D eigenvalue weighted by molar-refractivity contribution is 0.167. The first kappa shape index (κ1) is 33.8. The Morgan fingerprint density at radius 2 is 1.77 bits per heavy atom. The van der Waals surface area contributed by atoms with Crippen molar-refractivity contribution < 1.29 is 31.9 Å². The van der Waals surface area contributed by atoms with Crippen LogP contribution in [0.1, 0.15) is 43.2 Å². The maximum atomic E-state index is 14.0. The van der Waals surface area contributed by atoms with Crippen LogP contribution in [-0.2, 0) is 20.3 Å². The minimum atomic E-state index is -3.68. The second-order valence-electron chi connectivity index (χ2n) is 12.2. The molecule has 0 radical (unpaired) electrons. The van der Waals surface area contributed by atoms with Crippen molar-refractivity contribution in [3.63, 3.8) is 0 Å². The number of anilines is 2. The van der Waals surface area contributed by atoms with E-state index in [9.17, 15) is 22.7 Å². The highest BCUT2D eigenvalue weighted by Crippen LogP contribution is 2.43. The van der Waals surface area contributed by atoms with E-state index < -0.39 is 33.4 Å². The Morgan fingerprint density at radius 3 is 2.36 bits per heavy atom. The molecule has 2 aromatic carbocycles. The smallest absolute Gasteiger partial charge is 0.405 e. The van der Waals surface area contributed by atoms with Crippen LogP contribution in [0.4, 0.5) is 20.8 Å². The SMILES string of the molecule is COCCN(C[C@@H]1C[C@H]1C)c1cc(-c2nnc([C@](C)(NC(=O)O)C(c3ccccc3)c3ccc(F)cc3)o2)cc(N(C)S(C)(=O)=O)n1. The van der Waals surface area contributed by atoms with Crippen molar-refractivity contribution in [2.75, 3.05) is 49.3 Å². The minimum absolute atomic E-state index is 0.0302. The molecule has 1 aliphatic carbocycles. The third-order valence-electron chi connectivity index (χ3n) is 8.64. The molecular weight excluding hydrogens is 627 g/mol. The van der Waals surface area contributed by atoms with E-state index in [-0.39, 0.29) is 17.6 Å². The summed E-state index contributed by atoms with van der Waals surface area (Å²) in [4.78, 5) is 19.0. The number of carboxylic acid groups (broad SMARTS) is 1. The number of carbonyl (C=O) groups is 1. The van der Waals surface area contributed by atoms with Crippen molar-refractivity contribution in [2.45, 2.75) is 31.7 Å². The Hall–Kier alpha value is -4.56. The lowest BCUT2D eigenvalue weighted by Crippen LogP contribution is -2.48. The van der Waals surface area contributed by atoms with Gasteiger partial charge in [0, 0.05) is 38.7 Å². The summed E-state index contributed by atoms with van der Waals surface area (Å²) in [5, 5.41) is 21.2. The molecule has 5 rings (SSSR count). The number of rotatable bonds is 14. The zero-order valence-electron chi connectivity index (χ0n) is 26.9. The fourth-order valence-corrected chi connectivity index (χ4v) is 6.17. The zero-order valence-corrected chi connectivity index (χ0v) is 27.7. The Balaban J connectivity index is 1.64. The van der Waals surface area contributed by atoms with Crippen LogP contribution in [0.3, 0.4) is 0 Å². The number of nitrogens with one attached hydrogen (secondary N) is 1. The zero-order chi connectivity index (χ0) is 33.9. The van der Waals surface area contributed by atoms with Crippen molar-refractivity contribution in [1.29, 1.82) is 0 Å². The van der Waals surface area contributed by atoms with Crippen LogP contribution in [0.5, 0.6) is 0 Å². The second kappa shape index (κ2) is 13.7. The van der Waals surface area contributed by atoms with E-state index in [1.54, 1.807) is 32.2 Å². The Bertz CT molecular complexity index is 1810. The van der Waals surface area contributed by atoms with Gasteiger partial charge in [-0.2, -0.15) is 0 Å². The number of aromatic nitrogens is 3. The molecule has 1 fully saturated rings. The van der Waals surface area contributed by atoms with Gasteiger partial charge < -0.3 is 24.5 Å². The number of pyridine rings is 1. The lowest BCUT2D eigenvalue weighted by Gasteiger charge is -2.35. The highest BCUT2D eigenvalue weighted by molar-refractivity contribution is 7.92. The van der Waals surface area contributed by atoms with E-state index in [0.717, 1.165) is 22.5 Å². The largest absolute Gasteiger partial charge is 0.465 e. The Morgan fingerprint density at radius 1 is 1.13 bits per heavy atom. The molecule has 47 heavy (non-hydrogen) atoms. The predicted octanol–water partition coefficient (Wildman–Crippen LogP) is 5.09. The molecule has 2 N–H and O–H groups in total. The Kier molecular flexibility index (Phi) is 9.82. The molecule has 250 valence electrons. The highest BCUT2D eigenvalue weighted by atomic mass is 32.2. The number of ether oxygens (including phenoxy) is 1. The number of amides is 1. The van der Waals surface area contributed by atoms with Gasteiger partial charge in [-0.15, -0.1) is 10.2 Å². The van der Waals surface area contributed by atoms with Gasteiger partial charge in [0.05, 0.1) is 12.9 Å². The second-order valence-corrected chi connectivity index (χ2v) is 14.2. The van der Waals surface area contributed by atoms with E-state index in [1.165, 1.54) is 25.2 Å². The molecule has 0 bridgehead atoms. The van der Waals surface area contributed by atoms with Crippen molar-refractivity contribution in [1.82, 2.24) is 20.5 Å². The minimum Gasteiger partial charge on any atom is -0.465 e. The maximum Gasteiger partial charge on any atom is 0.405 e. The van der Waals surface area contributed by atoms with Gasteiger partial charge in [0.15, 0.2) is 0 Å². The van der Waals surface area contributed by atoms with Crippen molar-refractivity contribution >= 4 is 27.8 Å². The fraction of sp³-hybridized carbons (Fsp3) is 0.394. The van der Waals surface area contributed by atoms with Gasteiger partial charge in [-0.05, 0) is 60.6 Å². The number of sulfonamides is 1. The molecule has 0 spiro atoms. The predicted molar refractivity (Wildman–Crippen MR) is 175 cm³/mol. The first-order valence-electron chi connectivity index (χ1n) is 15.2. The maximum absolute atomic E-state index is 14.0. The molecule has 4 atom stereocenters. The first-order valence-corrected chi connectivity index (χ1v) is 17.0.